The maximum absolute atomic E-state index is 9.96. The van der Waals surface area contributed by atoms with Gasteiger partial charge in [0.25, 0.3) is 0 Å². The average Bonchev–Trinajstić information content (AvgIpc) is 2.58. The number of hydrogen-bond donors (Lipinski definition) is 0. The second kappa shape index (κ2) is 49.6. The Labute approximate surface area is 156 Å². The van der Waals surface area contributed by atoms with Crippen molar-refractivity contribution >= 4 is 47.2 Å². The average molecular weight is 446 g/mol. The van der Waals surface area contributed by atoms with Crippen LogP contribution in [0.4, 0.5) is 4.39 Å². The summed E-state index contributed by atoms with van der Waals surface area (Å²) in [5.41, 5.74) is 0. The lowest BCUT2D eigenvalue weighted by atomic mass is 10.4. The molecule has 0 aliphatic heterocycles. The first kappa shape index (κ1) is 38.2. The van der Waals surface area contributed by atoms with Gasteiger partial charge in [-0.15, -0.1) is 18.2 Å². The molecule has 0 rings (SSSR count). The molecular weight excluding hydrogens is 411 g/mol. The quantitative estimate of drug-likeness (QED) is 0.274. The van der Waals surface area contributed by atoms with Crippen molar-refractivity contribution in [1.29, 1.82) is 0 Å². The van der Waals surface area contributed by atoms with E-state index in [1.807, 2.05) is 11.9 Å². The minimum absolute atomic E-state index is 0.500. The van der Waals surface area contributed by atoms with Crippen molar-refractivity contribution in [3.05, 3.63) is 24.8 Å². The first-order valence-corrected chi connectivity index (χ1v) is 12.5. The molecule has 0 heterocycles. The summed E-state index contributed by atoms with van der Waals surface area (Å²) in [6, 6.07) is 0. The summed E-state index contributed by atoms with van der Waals surface area (Å²) in [6.45, 7) is 9.83. The molecule has 0 aromatic carbocycles. The summed E-state index contributed by atoms with van der Waals surface area (Å²) < 4.78 is 29.4. The van der Waals surface area contributed by atoms with Gasteiger partial charge in [-0.3, -0.25) is 4.39 Å². The van der Waals surface area contributed by atoms with E-state index in [0.717, 1.165) is 17.2 Å². The zero-order valence-corrected chi connectivity index (χ0v) is 19.3. The Kier molecular flexibility index (Phi) is 86.1. The van der Waals surface area contributed by atoms with Gasteiger partial charge >= 0.3 is 0 Å². The van der Waals surface area contributed by atoms with Gasteiger partial charge in [-0.2, -0.15) is 0 Å². The Balaban J connectivity index is -0.0000000377. The van der Waals surface area contributed by atoms with Crippen LogP contribution >= 0.6 is 38.3 Å². The molecule has 0 bridgehead atoms. The fourth-order valence-corrected chi connectivity index (χ4v) is 0.333. The molecule has 0 aromatic heterocycles. The van der Waals surface area contributed by atoms with E-state index >= 15 is 0 Å². The van der Waals surface area contributed by atoms with Gasteiger partial charge in [0.15, 0.2) is 8.87 Å². The van der Waals surface area contributed by atoms with Crippen LogP contribution in [0.2, 0.25) is 0 Å². The van der Waals surface area contributed by atoms with Gasteiger partial charge in [-0.1, -0.05) is 54.9 Å². The Morgan fingerprint density at radius 1 is 1.05 bits per heavy atom. The summed E-state index contributed by atoms with van der Waals surface area (Å²) in [5, 5.41) is 0. The SMILES string of the molecule is C=CCC.CBr.CCC=CCC.CCl.CF.CSS(C)(=O)=O. The number of alkyl halides is 3. The molecule has 7 heteroatoms. The largest absolute Gasteiger partial charge is 0.255 e. The van der Waals surface area contributed by atoms with E-state index in [1.54, 1.807) is 0 Å². The van der Waals surface area contributed by atoms with Gasteiger partial charge in [0, 0.05) is 12.6 Å². The van der Waals surface area contributed by atoms with Crippen LogP contribution in [0, 0.1) is 0 Å². The Morgan fingerprint density at radius 2 is 1.23 bits per heavy atom. The van der Waals surface area contributed by atoms with E-state index < -0.39 is 8.87 Å². The van der Waals surface area contributed by atoms with Crippen molar-refractivity contribution in [1.82, 2.24) is 0 Å². The Hall–Kier alpha value is 0.480. The lowest BCUT2D eigenvalue weighted by Crippen LogP contribution is -1.83. The van der Waals surface area contributed by atoms with E-state index in [4.69, 9.17) is 0 Å². The van der Waals surface area contributed by atoms with Crippen molar-refractivity contribution in [2.75, 3.05) is 31.9 Å². The number of hydrogen-bond acceptors (Lipinski definition) is 3. The third kappa shape index (κ3) is 139. The monoisotopic (exact) mass is 444 g/mol. The van der Waals surface area contributed by atoms with Gasteiger partial charge in [0.1, 0.15) is 0 Å². The molecule has 0 unspecified atom stereocenters. The fraction of sp³-hybridized carbons (Fsp3) is 0.733. The topological polar surface area (TPSA) is 34.1 Å². The van der Waals surface area contributed by atoms with Crippen LogP contribution in [-0.2, 0) is 8.87 Å². The van der Waals surface area contributed by atoms with Crippen LogP contribution < -0.4 is 0 Å². The van der Waals surface area contributed by atoms with E-state index in [-0.39, 0.29) is 0 Å². The second-order valence-electron chi connectivity index (χ2n) is 2.86. The van der Waals surface area contributed by atoms with Gasteiger partial charge in [0.2, 0.25) is 0 Å². The second-order valence-corrected chi connectivity index (χ2v) is 7.41. The zero-order chi connectivity index (χ0) is 19.4. The van der Waals surface area contributed by atoms with Gasteiger partial charge in [-0.25, -0.2) is 8.42 Å². The first-order chi connectivity index (χ1) is 10.4. The molecule has 0 saturated heterocycles. The highest BCUT2D eigenvalue weighted by atomic mass is 79.9. The standard InChI is InChI=1S/C6H12.C4H8.C2H6O2S2.CH3Br.CH3Cl.CH3F/c1-3-5-6-4-2;1-3-4-2;1-5-6(2,3)4;3*1-2/h5-6H,3-4H2,1-2H3;3H,1,4H2,2H3;1-2H3;3*1H3. The number of rotatable bonds is 4. The minimum atomic E-state index is -2.75. The summed E-state index contributed by atoms with van der Waals surface area (Å²) in [7, 11) is -1.39. The molecule has 0 aliphatic carbocycles. The predicted octanol–water partition coefficient (Wildman–Crippen LogP) is 6.71. The van der Waals surface area contributed by atoms with E-state index in [2.05, 4.69) is 67.0 Å². The molecule has 22 heavy (non-hydrogen) atoms. The van der Waals surface area contributed by atoms with Crippen LogP contribution in [-0.4, -0.2) is 40.3 Å². The molecule has 0 spiro atoms. The van der Waals surface area contributed by atoms with Gasteiger partial charge in [0.05, 0.1) is 7.18 Å². The molecule has 0 N–H and O–H groups in total. The highest BCUT2D eigenvalue weighted by Gasteiger charge is 1.91. The number of halogens is 3. The lowest BCUT2D eigenvalue weighted by molar-refractivity contribution is 0.615. The predicted molar refractivity (Wildman–Crippen MR) is 112 cm³/mol. The van der Waals surface area contributed by atoms with Crippen molar-refractivity contribution in [2.24, 2.45) is 0 Å². The summed E-state index contributed by atoms with van der Waals surface area (Å²) in [6.07, 6.45) is 13.9. The van der Waals surface area contributed by atoms with Gasteiger partial charge < -0.3 is 0 Å². The molecule has 0 aromatic rings. The normalized spacial score (nSPS) is 7.95. The number of allylic oxidation sites excluding steroid dienone is 3. The van der Waals surface area contributed by atoms with E-state index in [1.165, 1.54) is 31.7 Å². The fourth-order valence-electron chi connectivity index (χ4n) is 0.333. The van der Waals surface area contributed by atoms with Crippen molar-refractivity contribution < 1.29 is 12.8 Å². The molecular formula is C15H35BrClFO2S2. The van der Waals surface area contributed by atoms with Crippen molar-refractivity contribution in [3.8, 4) is 0 Å². The molecule has 0 radical (unpaired) electrons. The molecule has 2 nitrogen and oxygen atoms in total. The van der Waals surface area contributed by atoms with Crippen LogP contribution in [0.25, 0.3) is 0 Å². The Morgan fingerprint density at radius 3 is 1.27 bits per heavy atom. The van der Waals surface area contributed by atoms with Crippen molar-refractivity contribution in [3.63, 3.8) is 0 Å². The van der Waals surface area contributed by atoms with Crippen LogP contribution in [0.3, 0.4) is 0 Å². The summed E-state index contributed by atoms with van der Waals surface area (Å²) in [4.78, 5) is 0. The van der Waals surface area contributed by atoms with E-state index in [0.29, 0.717) is 7.18 Å². The summed E-state index contributed by atoms with van der Waals surface area (Å²) in [5.74, 6) is 1.81. The van der Waals surface area contributed by atoms with E-state index in [9.17, 15) is 12.8 Å². The molecule has 0 aliphatic rings. The van der Waals surface area contributed by atoms with Crippen LogP contribution in [0.5, 0.6) is 0 Å². The molecule has 0 atom stereocenters. The third-order valence-corrected chi connectivity index (χ3v) is 3.65. The van der Waals surface area contributed by atoms with Gasteiger partial charge in [-0.05, 0) is 42.1 Å². The minimum Gasteiger partial charge on any atom is -0.255 e. The first-order valence-electron chi connectivity index (χ1n) is 6.54. The summed E-state index contributed by atoms with van der Waals surface area (Å²) >= 11 is 7.58. The third-order valence-electron chi connectivity index (χ3n) is 1.23. The maximum atomic E-state index is 9.96. The van der Waals surface area contributed by atoms with Crippen LogP contribution in [0.15, 0.2) is 24.8 Å². The smallest absolute Gasteiger partial charge is 0.198 e. The lowest BCUT2D eigenvalue weighted by Gasteiger charge is -1.80. The van der Waals surface area contributed by atoms with Crippen molar-refractivity contribution in [2.45, 2.75) is 40.0 Å². The highest BCUT2D eigenvalue weighted by Crippen LogP contribution is 2.00. The zero-order valence-electron chi connectivity index (χ0n) is 15.3. The highest BCUT2D eigenvalue weighted by molar-refractivity contribution is 9.08. The molecule has 0 saturated carbocycles. The maximum Gasteiger partial charge on any atom is 0.198 e. The van der Waals surface area contributed by atoms with Crippen LogP contribution in [0.1, 0.15) is 40.0 Å². The molecule has 0 amide bonds. The Bertz CT molecular complexity index is 254. The molecule has 140 valence electrons. The molecule has 0 fully saturated rings.